The highest BCUT2D eigenvalue weighted by atomic mass is 127. The van der Waals surface area contributed by atoms with Crippen LogP contribution in [0.3, 0.4) is 0 Å². The minimum Gasteiger partial charge on any atom is -0.444 e. The zero-order chi connectivity index (χ0) is 16.8. The van der Waals surface area contributed by atoms with E-state index in [4.69, 9.17) is 4.42 Å². The van der Waals surface area contributed by atoms with Crippen LogP contribution in [0.2, 0.25) is 0 Å². The molecule has 1 heterocycles. The van der Waals surface area contributed by atoms with Crippen molar-refractivity contribution in [3.8, 4) is 11.3 Å². The van der Waals surface area contributed by atoms with Gasteiger partial charge in [-0.1, -0.05) is 30.3 Å². The van der Waals surface area contributed by atoms with Crippen molar-refractivity contribution in [2.24, 2.45) is 0 Å². The van der Waals surface area contributed by atoms with Gasteiger partial charge in [0.25, 0.3) is 0 Å². The van der Waals surface area contributed by atoms with Crippen LogP contribution in [0.15, 0.2) is 71.6 Å². The molecule has 0 fully saturated rings. The van der Waals surface area contributed by atoms with E-state index in [0.29, 0.717) is 12.2 Å². The maximum Gasteiger partial charge on any atom is 0.242 e. The summed E-state index contributed by atoms with van der Waals surface area (Å²) in [5, 5.41) is 2.93. The number of carbonyl (C=O) groups excluding carboxylic acids is 1. The van der Waals surface area contributed by atoms with E-state index in [1.165, 1.54) is 6.39 Å². The van der Waals surface area contributed by atoms with Crippen LogP contribution in [0, 0.1) is 0 Å². The number of hydrogen-bond acceptors (Lipinski definition) is 4. The molecule has 1 aromatic heterocycles. The van der Waals surface area contributed by atoms with Gasteiger partial charge in [0.2, 0.25) is 5.91 Å². The second-order valence-electron chi connectivity index (χ2n) is 5.28. The van der Waals surface area contributed by atoms with Crippen LogP contribution < -0.4 is 8.85 Å². The Morgan fingerprint density at radius 2 is 1.88 bits per heavy atom. The Morgan fingerprint density at radius 3 is 2.50 bits per heavy atom. The molecule has 2 N–H and O–H groups in total. The predicted molar refractivity (Wildman–Crippen MR) is 102 cm³/mol. The zero-order valence-electron chi connectivity index (χ0n) is 12.8. The van der Waals surface area contributed by atoms with Gasteiger partial charge in [-0.05, 0) is 36.2 Å². The van der Waals surface area contributed by atoms with Crippen molar-refractivity contribution in [1.29, 1.82) is 0 Å². The quantitative estimate of drug-likeness (QED) is 0.458. The van der Waals surface area contributed by atoms with E-state index in [1.54, 1.807) is 6.20 Å². The van der Waals surface area contributed by atoms with E-state index in [1.807, 2.05) is 77.5 Å². The summed E-state index contributed by atoms with van der Waals surface area (Å²) in [5.74, 6) is 0.629. The first kappa shape index (κ1) is 16.7. The lowest BCUT2D eigenvalue weighted by atomic mass is 10.1. The van der Waals surface area contributed by atoms with E-state index in [2.05, 4.69) is 13.8 Å². The van der Waals surface area contributed by atoms with Crippen molar-refractivity contribution in [2.75, 3.05) is 5.32 Å². The number of benzene rings is 2. The number of rotatable bonds is 6. The molecule has 2 aromatic carbocycles. The van der Waals surface area contributed by atoms with Gasteiger partial charge in [-0.3, -0.25) is 4.79 Å². The number of amides is 1. The minimum atomic E-state index is -0.304. The monoisotopic (exact) mass is 433 g/mol. The second kappa shape index (κ2) is 8.07. The van der Waals surface area contributed by atoms with Gasteiger partial charge in [-0.25, -0.2) is 8.51 Å². The highest BCUT2D eigenvalue weighted by Gasteiger charge is 2.17. The predicted octanol–water partition coefficient (Wildman–Crippen LogP) is 3.83. The van der Waals surface area contributed by atoms with Gasteiger partial charge in [0.1, 0.15) is 0 Å². The highest BCUT2D eigenvalue weighted by molar-refractivity contribution is 14.1. The molecule has 0 radical (unpaired) electrons. The van der Waals surface area contributed by atoms with Gasteiger partial charge in [0.05, 0.1) is 12.2 Å². The Morgan fingerprint density at radius 1 is 1.12 bits per heavy atom. The SMILES string of the molecule is O=C(Nc1ccc(-c2cnco2)cc1)C(Cc1ccccc1)NI. The summed E-state index contributed by atoms with van der Waals surface area (Å²) in [5.41, 5.74) is 2.77. The number of oxazole rings is 1. The standard InChI is InChI=1S/C18H16IN3O2/c19-22-16(10-13-4-2-1-3-5-13)18(23)21-15-8-6-14(7-9-15)17-11-20-12-24-17/h1-9,11-12,16,22H,10H2,(H,21,23). The Labute approximate surface area is 154 Å². The topological polar surface area (TPSA) is 67.2 Å². The number of nitrogens with one attached hydrogen (secondary N) is 2. The molecule has 0 aliphatic rings. The Bertz CT molecular complexity index is 774. The number of anilines is 1. The highest BCUT2D eigenvalue weighted by Crippen LogP contribution is 2.21. The molecule has 0 saturated heterocycles. The minimum absolute atomic E-state index is 0.0688. The lowest BCUT2D eigenvalue weighted by Gasteiger charge is -2.15. The van der Waals surface area contributed by atoms with Crippen LogP contribution >= 0.6 is 22.9 Å². The normalized spacial score (nSPS) is 11.9. The maximum atomic E-state index is 12.5. The molecule has 1 unspecified atom stereocenters. The Balaban J connectivity index is 1.64. The van der Waals surface area contributed by atoms with Gasteiger partial charge in [-0.2, -0.15) is 0 Å². The molecule has 3 rings (SSSR count). The molecule has 24 heavy (non-hydrogen) atoms. The van der Waals surface area contributed by atoms with Crippen molar-refractivity contribution in [3.63, 3.8) is 0 Å². The number of halogens is 1. The zero-order valence-corrected chi connectivity index (χ0v) is 14.9. The van der Waals surface area contributed by atoms with Crippen molar-refractivity contribution in [3.05, 3.63) is 72.8 Å². The van der Waals surface area contributed by atoms with Crippen LogP contribution in [0.25, 0.3) is 11.3 Å². The molecule has 0 aliphatic heterocycles. The molecule has 1 atom stereocenters. The summed E-state index contributed by atoms with van der Waals surface area (Å²) in [6.07, 6.45) is 3.68. The molecule has 5 nitrogen and oxygen atoms in total. The molecule has 0 aliphatic carbocycles. The number of nitrogens with zero attached hydrogens (tertiary/aromatic N) is 1. The molecule has 122 valence electrons. The summed E-state index contributed by atoms with van der Waals surface area (Å²) in [7, 11) is 0. The fourth-order valence-corrected chi connectivity index (χ4v) is 2.84. The van der Waals surface area contributed by atoms with E-state index in [-0.39, 0.29) is 11.9 Å². The third kappa shape index (κ3) is 4.21. The van der Waals surface area contributed by atoms with Crippen LogP contribution in [0.5, 0.6) is 0 Å². The van der Waals surface area contributed by atoms with Gasteiger partial charge in [-0.15, -0.1) is 0 Å². The van der Waals surface area contributed by atoms with Crippen LogP contribution in [0.1, 0.15) is 5.56 Å². The molecule has 6 heteroatoms. The summed E-state index contributed by atoms with van der Waals surface area (Å²) in [6.45, 7) is 0. The van der Waals surface area contributed by atoms with E-state index in [9.17, 15) is 4.79 Å². The molecular formula is C18H16IN3O2. The van der Waals surface area contributed by atoms with Crippen molar-refractivity contribution in [2.45, 2.75) is 12.5 Å². The summed E-state index contributed by atoms with van der Waals surface area (Å²) in [4.78, 5) is 16.4. The molecule has 1 amide bonds. The summed E-state index contributed by atoms with van der Waals surface area (Å²) >= 11 is 2.02. The number of aromatic nitrogens is 1. The maximum absolute atomic E-state index is 12.5. The third-order valence-electron chi connectivity index (χ3n) is 3.60. The van der Waals surface area contributed by atoms with Crippen molar-refractivity contribution in [1.82, 2.24) is 8.51 Å². The lowest BCUT2D eigenvalue weighted by molar-refractivity contribution is -0.117. The fraction of sp³-hybridized carbons (Fsp3) is 0.111. The molecule has 0 saturated carbocycles. The number of hydrogen-bond donors (Lipinski definition) is 2. The van der Waals surface area contributed by atoms with Crippen LogP contribution in [0.4, 0.5) is 5.69 Å². The van der Waals surface area contributed by atoms with Crippen molar-refractivity contribution >= 4 is 34.5 Å². The molecule has 0 spiro atoms. The Kier molecular flexibility index (Phi) is 5.60. The largest absolute Gasteiger partial charge is 0.444 e. The molecule has 0 bridgehead atoms. The Hall–Kier alpha value is -2.19. The number of carbonyl (C=O) groups is 1. The fourth-order valence-electron chi connectivity index (χ4n) is 2.34. The van der Waals surface area contributed by atoms with Crippen LogP contribution in [-0.2, 0) is 11.2 Å². The molecular weight excluding hydrogens is 417 g/mol. The lowest BCUT2D eigenvalue weighted by Crippen LogP contribution is -2.37. The van der Waals surface area contributed by atoms with Crippen molar-refractivity contribution < 1.29 is 9.21 Å². The van der Waals surface area contributed by atoms with E-state index >= 15 is 0 Å². The third-order valence-corrected chi connectivity index (χ3v) is 4.35. The first-order valence-corrected chi connectivity index (χ1v) is 8.54. The van der Waals surface area contributed by atoms with Gasteiger partial charge in [0.15, 0.2) is 12.2 Å². The molecule has 3 aromatic rings. The van der Waals surface area contributed by atoms with Gasteiger partial charge < -0.3 is 9.73 Å². The average Bonchev–Trinajstić information content (AvgIpc) is 3.16. The average molecular weight is 433 g/mol. The van der Waals surface area contributed by atoms with Gasteiger partial charge in [0, 0.05) is 34.1 Å². The van der Waals surface area contributed by atoms with E-state index < -0.39 is 0 Å². The van der Waals surface area contributed by atoms with E-state index in [0.717, 1.165) is 16.8 Å². The first-order valence-electron chi connectivity index (χ1n) is 7.46. The van der Waals surface area contributed by atoms with Gasteiger partial charge >= 0.3 is 0 Å². The first-order chi connectivity index (χ1) is 11.8. The summed E-state index contributed by atoms with van der Waals surface area (Å²) < 4.78 is 8.29. The smallest absolute Gasteiger partial charge is 0.242 e. The van der Waals surface area contributed by atoms with Crippen LogP contribution in [-0.4, -0.2) is 16.9 Å². The summed E-state index contributed by atoms with van der Waals surface area (Å²) in [6, 6.07) is 17.1. The second-order valence-corrected chi connectivity index (χ2v) is 5.91.